The van der Waals surface area contributed by atoms with Crippen molar-refractivity contribution in [2.45, 2.75) is 38.1 Å². The predicted octanol–water partition coefficient (Wildman–Crippen LogP) is 2.38. The Hall–Kier alpha value is -0.540. The number of fused-ring (bicyclic) bond motifs is 1. The number of aromatic nitrogens is 2. The van der Waals surface area contributed by atoms with Gasteiger partial charge >= 0.3 is 0 Å². The van der Waals surface area contributed by atoms with Crippen LogP contribution in [0.2, 0.25) is 5.15 Å². The molecule has 0 N–H and O–H groups in total. The number of ether oxygens (including phenoxy) is 1. The molecule has 2 heterocycles. The average Bonchev–Trinajstić information content (AvgIpc) is 2.83. The van der Waals surface area contributed by atoms with Crippen molar-refractivity contribution in [1.29, 1.82) is 0 Å². The van der Waals surface area contributed by atoms with Crippen molar-refractivity contribution < 1.29 is 4.74 Å². The van der Waals surface area contributed by atoms with E-state index >= 15 is 0 Å². The first kappa shape index (κ1) is 9.67. The molecule has 82 valence electrons. The lowest BCUT2D eigenvalue weighted by Gasteiger charge is -2.23. The van der Waals surface area contributed by atoms with Crippen LogP contribution >= 0.6 is 11.6 Å². The number of hydrogen-bond acceptors (Lipinski definition) is 2. The Morgan fingerprint density at radius 2 is 2.07 bits per heavy atom. The molecular formula is C11H15ClN2O. The van der Waals surface area contributed by atoms with Crippen LogP contribution in [0, 0.1) is 0 Å². The average molecular weight is 227 g/mol. The molecule has 1 aromatic rings. The van der Waals surface area contributed by atoms with Crippen LogP contribution in [0.25, 0.3) is 0 Å². The molecule has 15 heavy (non-hydrogen) atoms. The largest absolute Gasteiger partial charge is 0.381 e. The van der Waals surface area contributed by atoms with Crippen molar-refractivity contribution in [3.8, 4) is 0 Å². The minimum Gasteiger partial charge on any atom is -0.381 e. The highest BCUT2D eigenvalue weighted by molar-refractivity contribution is 6.30. The first-order valence-corrected chi connectivity index (χ1v) is 6.07. The van der Waals surface area contributed by atoms with Crippen LogP contribution in [0.5, 0.6) is 0 Å². The monoisotopic (exact) mass is 226 g/mol. The highest BCUT2D eigenvalue weighted by atomic mass is 35.5. The molecule has 0 radical (unpaired) electrons. The summed E-state index contributed by atoms with van der Waals surface area (Å²) in [4.78, 5) is 0. The molecule has 0 amide bonds. The molecule has 0 saturated carbocycles. The smallest absolute Gasteiger partial charge is 0.130 e. The van der Waals surface area contributed by atoms with Gasteiger partial charge < -0.3 is 4.74 Å². The molecular weight excluding hydrogens is 212 g/mol. The molecule has 0 spiro atoms. The molecule has 3 nitrogen and oxygen atoms in total. The second kappa shape index (κ2) is 3.80. The number of nitrogens with zero attached hydrogens (tertiary/aromatic N) is 2. The summed E-state index contributed by atoms with van der Waals surface area (Å²) < 4.78 is 7.39. The molecule has 4 heteroatoms. The van der Waals surface area contributed by atoms with Gasteiger partial charge in [0.25, 0.3) is 0 Å². The van der Waals surface area contributed by atoms with E-state index in [4.69, 9.17) is 16.3 Å². The van der Waals surface area contributed by atoms with Crippen LogP contribution in [-0.2, 0) is 17.6 Å². The van der Waals surface area contributed by atoms with Gasteiger partial charge in [-0.1, -0.05) is 11.6 Å². The van der Waals surface area contributed by atoms with E-state index in [2.05, 4.69) is 5.10 Å². The van der Waals surface area contributed by atoms with E-state index in [1.54, 1.807) is 0 Å². The van der Waals surface area contributed by atoms with E-state index in [0.29, 0.717) is 6.04 Å². The van der Waals surface area contributed by atoms with Gasteiger partial charge in [-0.3, -0.25) is 4.68 Å². The highest BCUT2D eigenvalue weighted by Crippen LogP contribution is 2.32. The lowest BCUT2D eigenvalue weighted by atomic mass is 10.1. The first-order valence-electron chi connectivity index (χ1n) is 5.70. The van der Waals surface area contributed by atoms with Gasteiger partial charge in [-0.25, -0.2) is 0 Å². The summed E-state index contributed by atoms with van der Waals surface area (Å²) in [6.45, 7) is 1.68. The van der Waals surface area contributed by atoms with Gasteiger partial charge in [-0.05, 0) is 32.1 Å². The Labute approximate surface area is 94.4 Å². The summed E-state index contributed by atoms with van der Waals surface area (Å²) in [7, 11) is 0. The van der Waals surface area contributed by atoms with E-state index in [-0.39, 0.29) is 0 Å². The fraction of sp³-hybridized carbons (Fsp3) is 0.727. The Kier molecular flexibility index (Phi) is 2.45. The molecule has 0 bridgehead atoms. The number of halogens is 1. The Balaban J connectivity index is 1.91. The summed E-state index contributed by atoms with van der Waals surface area (Å²) in [6.07, 6.45) is 5.51. The number of aryl methyl sites for hydroxylation is 1. The van der Waals surface area contributed by atoms with Crippen LogP contribution in [-0.4, -0.2) is 23.0 Å². The van der Waals surface area contributed by atoms with E-state index in [1.165, 1.54) is 17.7 Å². The minimum atomic E-state index is 0.455. The molecule has 0 atom stereocenters. The van der Waals surface area contributed by atoms with Gasteiger partial charge in [-0.2, -0.15) is 5.10 Å². The molecule has 3 rings (SSSR count). The number of rotatable bonds is 1. The summed E-state index contributed by atoms with van der Waals surface area (Å²) >= 11 is 6.36. The molecule has 0 aromatic carbocycles. The third-order valence-electron chi connectivity index (χ3n) is 3.40. The summed E-state index contributed by atoms with van der Waals surface area (Å²) in [5.74, 6) is 0. The molecule has 2 aliphatic rings. The van der Waals surface area contributed by atoms with Crippen molar-refractivity contribution in [2.24, 2.45) is 0 Å². The lowest BCUT2D eigenvalue weighted by molar-refractivity contribution is 0.0662. The van der Waals surface area contributed by atoms with Crippen molar-refractivity contribution in [3.05, 3.63) is 16.4 Å². The second-order valence-corrected chi connectivity index (χ2v) is 4.72. The van der Waals surface area contributed by atoms with Crippen molar-refractivity contribution in [1.82, 2.24) is 9.78 Å². The molecule has 1 aromatic heterocycles. The number of hydrogen-bond donors (Lipinski definition) is 0. The first-order chi connectivity index (χ1) is 7.36. The zero-order valence-electron chi connectivity index (χ0n) is 8.71. The standard InChI is InChI=1S/C11H15ClN2O/c12-11-9-2-1-3-10(9)13-14(11)8-4-6-15-7-5-8/h8H,1-7H2. The van der Waals surface area contributed by atoms with Crippen LogP contribution in [0.15, 0.2) is 0 Å². The normalized spacial score (nSPS) is 21.9. The third kappa shape index (κ3) is 1.58. The fourth-order valence-corrected chi connectivity index (χ4v) is 2.92. The summed E-state index contributed by atoms with van der Waals surface area (Å²) in [5, 5.41) is 5.53. The van der Waals surface area contributed by atoms with Gasteiger partial charge in [0.1, 0.15) is 5.15 Å². The van der Waals surface area contributed by atoms with Crippen LogP contribution in [0.1, 0.15) is 36.6 Å². The quantitative estimate of drug-likeness (QED) is 0.735. The highest BCUT2D eigenvalue weighted by Gasteiger charge is 2.25. The van der Waals surface area contributed by atoms with Crippen LogP contribution < -0.4 is 0 Å². The van der Waals surface area contributed by atoms with Gasteiger partial charge in [0.05, 0.1) is 11.7 Å². The Bertz CT molecular complexity index is 369. The SMILES string of the molecule is Clc1c2c(nn1C1CCOCC1)CCC2. The Morgan fingerprint density at radius 1 is 1.27 bits per heavy atom. The summed E-state index contributed by atoms with van der Waals surface area (Å²) in [6, 6.07) is 0.455. The second-order valence-electron chi connectivity index (χ2n) is 4.36. The maximum atomic E-state index is 6.36. The zero-order chi connectivity index (χ0) is 10.3. The van der Waals surface area contributed by atoms with Crippen molar-refractivity contribution >= 4 is 11.6 Å². The molecule has 1 fully saturated rings. The van der Waals surface area contributed by atoms with Crippen LogP contribution in [0.3, 0.4) is 0 Å². The maximum Gasteiger partial charge on any atom is 0.130 e. The topological polar surface area (TPSA) is 27.1 Å². The molecule has 1 saturated heterocycles. The maximum absolute atomic E-state index is 6.36. The minimum absolute atomic E-state index is 0.455. The molecule has 0 unspecified atom stereocenters. The molecule has 1 aliphatic carbocycles. The van der Waals surface area contributed by atoms with E-state index in [1.807, 2.05) is 4.68 Å². The van der Waals surface area contributed by atoms with E-state index in [0.717, 1.165) is 44.1 Å². The van der Waals surface area contributed by atoms with E-state index in [9.17, 15) is 0 Å². The van der Waals surface area contributed by atoms with Gasteiger partial charge in [-0.15, -0.1) is 0 Å². The lowest BCUT2D eigenvalue weighted by Crippen LogP contribution is -2.20. The van der Waals surface area contributed by atoms with Gasteiger partial charge in [0.2, 0.25) is 0 Å². The molecule has 1 aliphatic heterocycles. The Morgan fingerprint density at radius 3 is 2.80 bits per heavy atom. The van der Waals surface area contributed by atoms with Crippen molar-refractivity contribution in [3.63, 3.8) is 0 Å². The fourth-order valence-electron chi connectivity index (χ4n) is 2.54. The van der Waals surface area contributed by atoms with E-state index < -0.39 is 0 Å². The predicted molar refractivity (Wildman–Crippen MR) is 58.4 cm³/mol. The van der Waals surface area contributed by atoms with Gasteiger partial charge in [0.15, 0.2) is 0 Å². The third-order valence-corrected chi connectivity index (χ3v) is 3.81. The van der Waals surface area contributed by atoms with Crippen LogP contribution in [0.4, 0.5) is 0 Å². The van der Waals surface area contributed by atoms with Gasteiger partial charge in [0, 0.05) is 18.8 Å². The van der Waals surface area contributed by atoms with Crippen molar-refractivity contribution in [2.75, 3.05) is 13.2 Å². The summed E-state index contributed by atoms with van der Waals surface area (Å²) in [5.41, 5.74) is 2.52. The zero-order valence-corrected chi connectivity index (χ0v) is 9.46.